The molecule has 0 bridgehead atoms. The predicted molar refractivity (Wildman–Crippen MR) is 172 cm³/mol. The van der Waals surface area contributed by atoms with Crippen LogP contribution in [-0.2, 0) is 9.59 Å². The number of thioether (sulfide) groups is 1. The van der Waals surface area contributed by atoms with Gasteiger partial charge in [0.15, 0.2) is 0 Å². The lowest BCUT2D eigenvalue weighted by Gasteiger charge is -2.30. The Labute approximate surface area is 259 Å². The van der Waals surface area contributed by atoms with E-state index < -0.39 is 17.6 Å². The van der Waals surface area contributed by atoms with Gasteiger partial charge in [0.1, 0.15) is 11.6 Å². The zero-order valence-corrected chi connectivity index (χ0v) is 24.9. The van der Waals surface area contributed by atoms with Crippen LogP contribution in [0.15, 0.2) is 131 Å². The number of halogens is 1. The number of dihydropyridines is 1. The first-order valence-electron chi connectivity index (χ1n) is 13.8. The standard InChI is InChI=1S/C35H29FN4O3S/c1-23-32(34(42)39-29-19-11-12-20-30(29)43-2)33(26-17-9-10-18-28(26)36)27(21-37)35(38-23)44-22-31(41)40(24-13-5-3-6-14-24)25-15-7-4-8-16-25/h3-20,33,38H,22H2,1-2H3,(H,39,42)/t33-/m0/s1. The number of hydrogen-bond acceptors (Lipinski definition) is 6. The number of methoxy groups -OCH3 is 1. The number of nitriles is 1. The highest BCUT2D eigenvalue weighted by Gasteiger charge is 2.36. The molecule has 7 nitrogen and oxygen atoms in total. The first kappa shape index (κ1) is 30.1. The zero-order valence-electron chi connectivity index (χ0n) is 24.1. The maximum Gasteiger partial charge on any atom is 0.254 e. The zero-order chi connectivity index (χ0) is 31.1. The second-order valence-corrected chi connectivity index (χ2v) is 10.8. The summed E-state index contributed by atoms with van der Waals surface area (Å²) < 4.78 is 20.7. The van der Waals surface area contributed by atoms with Crippen LogP contribution in [-0.4, -0.2) is 24.7 Å². The molecule has 5 rings (SSSR count). The molecule has 2 amide bonds. The summed E-state index contributed by atoms with van der Waals surface area (Å²) in [5, 5.41) is 16.8. The van der Waals surface area contributed by atoms with E-state index in [2.05, 4.69) is 16.7 Å². The molecular formula is C35H29FN4O3S. The summed E-state index contributed by atoms with van der Waals surface area (Å²) in [7, 11) is 1.50. The number of allylic oxidation sites excluding steroid dienone is 2. The molecule has 0 radical (unpaired) electrons. The van der Waals surface area contributed by atoms with E-state index in [9.17, 15) is 14.9 Å². The molecule has 0 spiro atoms. The van der Waals surface area contributed by atoms with Gasteiger partial charge in [0.05, 0.1) is 41.1 Å². The molecule has 9 heteroatoms. The van der Waals surface area contributed by atoms with E-state index in [0.29, 0.717) is 33.5 Å². The van der Waals surface area contributed by atoms with Crippen LogP contribution in [0.5, 0.6) is 5.75 Å². The van der Waals surface area contributed by atoms with Crippen molar-refractivity contribution >= 4 is 40.6 Å². The van der Waals surface area contributed by atoms with Gasteiger partial charge in [-0.3, -0.25) is 14.5 Å². The molecule has 220 valence electrons. The number of nitrogens with one attached hydrogen (secondary N) is 2. The Morgan fingerprint density at radius 2 is 1.52 bits per heavy atom. The van der Waals surface area contributed by atoms with Gasteiger partial charge >= 0.3 is 0 Å². The van der Waals surface area contributed by atoms with Crippen molar-refractivity contribution in [2.24, 2.45) is 0 Å². The lowest BCUT2D eigenvalue weighted by molar-refractivity contribution is -0.115. The minimum atomic E-state index is -1.02. The predicted octanol–water partition coefficient (Wildman–Crippen LogP) is 7.27. The SMILES string of the molecule is COc1ccccc1NC(=O)C1=C(C)NC(SCC(=O)N(c2ccccc2)c2ccccc2)=C(C#N)[C@@H]1c1ccccc1F. The highest BCUT2D eigenvalue weighted by Crippen LogP contribution is 2.42. The van der Waals surface area contributed by atoms with E-state index in [1.807, 2.05) is 60.7 Å². The summed E-state index contributed by atoms with van der Waals surface area (Å²) in [6.45, 7) is 1.70. The number of nitrogens with zero attached hydrogens (tertiary/aromatic N) is 2. The lowest BCUT2D eigenvalue weighted by Crippen LogP contribution is -2.32. The number of carbonyl (C=O) groups excluding carboxylic acids is 2. The van der Waals surface area contributed by atoms with Crippen molar-refractivity contribution in [1.29, 1.82) is 5.26 Å². The van der Waals surface area contributed by atoms with E-state index in [4.69, 9.17) is 4.74 Å². The minimum absolute atomic E-state index is 0.0304. The molecule has 1 heterocycles. The summed E-state index contributed by atoms with van der Waals surface area (Å²) in [5.41, 5.74) is 2.76. The van der Waals surface area contributed by atoms with Crippen LogP contribution in [0.1, 0.15) is 18.4 Å². The van der Waals surface area contributed by atoms with Crippen LogP contribution < -0.4 is 20.3 Å². The van der Waals surface area contributed by atoms with Gasteiger partial charge in [0.2, 0.25) is 5.91 Å². The maximum absolute atomic E-state index is 15.3. The van der Waals surface area contributed by atoms with Crippen LogP contribution in [0.3, 0.4) is 0 Å². The summed E-state index contributed by atoms with van der Waals surface area (Å²) in [5.74, 6) is -1.88. The molecule has 44 heavy (non-hydrogen) atoms. The van der Waals surface area contributed by atoms with Gasteiger partial charge in [-0.15, -0.1) is 0 Å². The van der Waals surface area contributed by atoms with Crippen LogP contribution in [0.2, 0.25) is 0 Å². The first-order chi connectivity index (χ1) is 21.4. The van der Waals surface area contributed by atoms with E-state index in [1.54, 1.807) is 54.3 Å². The van der Waals surface area contributed by atoms with Gasteiger partial charge in [-0.25, -0.2) is 4.39 Å². The number of anilines is 3. The highest BCUT2D eigenvalue weighted by molar-refractivity contribution is 8.03. The largest absolute Gasteiger partial charge is 0.495 e. The number of carbonyl (C=O) groups is 2. The van der Waals surface area contributed by atoms with Gasteiger partial charge in [0, 0.05) is 28.2 Å². The minimum Gasteiger partial charge on any atom is -0.495 e. The monoisotopic (exact) mass is 604 g/mol. The van der Waals surface area contributed by atoms with E-state index in [0.717, 1.165) is 11.8 Å². The Balaban J connectivity index is 1.49. The van der Waals surface area contributed by atoms with Crippen molar-refractivity contribution in [1.82, 2.24) is 5.32 Å². The Morgan fingerprint density at radius 3 is 2.14 bits per heavy atom. The van der Waals surface area contributed by atoms with E-state index >= 15 is 4.39 Å². The fraction of sp³-hybridized carbons (Fsp3) is 0.114. The number of ether oxygens (including phenoxy) is 1. The van der Waals surface area contributed by atoms with Gasteiger partial charge in [-0.2, -0.15) is 5.26 Å². The van der Waals surface area contributed by atoms with E-state index in [-0.39, 0.29) is 28.4 Å². The number of rotatable bonds is 9. The molecule has 4 aromatic rings. The molecule has 4 aromatic carbocycles. The molecule has 2 N–H and O–H groups in total. The Kier molecular flexibility index (Phi) is 9.43. The second kappa shape index (κ2) is 13.8. The van der Waals surface area contributed by atoms with Crippen LogP contribution >= 0.6 is 11.8 Å². The van der Waals surface area contributed by atoms with Crippen molar-refractivity contribution in [2.75, 3.05) is 23.1 Å². The normalized spacial score (nSPS) is 14.4. The number of amides is 2. The lowest BCUT2D eigenvalue weighted by atomic mass is 9.82. The van der Waals surface area contributed by atoms with Crippen molar-refractivity contribution in [3.05, 3.63) is 142 Å². The number of para-hydroxylation sites is 4. The molecule has 0 aromatic heterocycles. The molecule has 1 aliphatic heterocycles. The van der Waals surface area contributed by atoms with Crippen molar-refractivity contribution < 1.29 is 18.7 Å². The van der Waals surface area contributed by atoms with Crippen molar-refractivity contribution in [3.63, 3.8) is 0 Å². The number of hydrogen-bond donors (Lipinski definition) is 2. The average molecular weight is 605 g/mol. The topological polar surface area (TPSA) is 94.5 Å². The van der Waals surface area contributed by atoms with Crippen molar-refractivity contribution in [3.8, 4) is 11.8 Å². The second-order valence-electron chi connectivity index (χ2n) is 9.82. The first-order valence-corrected chi connectivity index (χ1v) is 14.8. The summed E-state index contributed by atoms with van der Waals surface area (Å²) >= 11 is 1.13. The molecule has 0 saturated heterocycles. The molecule has 1 aliphatic rings. The van der Waals surface area contributed by atoms with Crippen LogP contribution in [0.25, 0.3) is 0 Å². The maximum atomic E-state index is 15.3. The molecule has 0 unspecified atom stereocenters. The fourth-order valence-electron chi connectivity index (χ4n) is 5.07. The molecule has 0 fully saturated rings. The third-order valence-electron chi connectivity index (χ3n) is 7.08. The Hall–Kier alpha value is -5.33. The summed E-state index contributed by atoms with van der Waals surface area (Å²) in [6.07, 6.45) is 0. The van der Waals surface area contributed by atoms with Crippen molar-refractivity contribution in [2.45, 2.75) is 12.8 Å². The van der Waals surface area contributed by atoms with Gasteiger partial charge in [-0.05, 0) is 49.4 Å². The van der Waals surface area contributed by atoms with Gasteiger partial charge < -0.3 is 15.4 Å². The quantitative estimate of drug-likeness (QED) is 0.209. The van der Waals surface area contributed by atoms with Gasteiger partial charge in [-0.1, -0.05) is 78.5 Å². The van der Waals surface area contributed by atoms with Gasteiger partial charge in [0.25, 0.3) is 5.91 Å². The van der Waals surface area contributed by atoms with Crippen LogP contribution in [0, 0.1) is 17.1 Å². The smallest absolute Gasteiger partial charge is 0.254 e. The highest BCUT2D eigenvalue weighted by atomic mass is 32.2. The Bertz CT molecular complexity index is 1750. The number of benzene rings is 4. The molecule has 0 saturated carbocycles. The summed E-state index contributed by atoms with van der Waals surface area (Å²) in [4.78, 5) is 29.1. The molecular weight excluding hydrogens is 575 g/mol. The molecule has 0 aliphatic carbocycles. The third-order valence-corrected chi connectivity index (χ3v) is 8.08. The Morgan fingerprint density at radius 1 is 0.932 bits per heavy atom. The molecule has 1 atom stereocenters. The summed E-state index contributed by atoms with van der Waals surface area (Å²) in [6, 6.07) is 33.8. The fourth-order valence-corrected chi connectivity index (χ4v) is 6.02. The van der Waals surface area contributed by atoms with Crippen LogP contribution in [0.4, 0.5) is 21.5 Å². The average Bonchev–Trinajstić information content (AvgIpc) is 3.05. The van der Waals surface area contributed by atoms with E-state index in [1.165, 1.54) is 13.2 Å². The third kappa shape index (κ3) is 6.36.